The van der Waals surface area contributed by atoms with E-state index in [0.717, 1.165) is 0 Å². The largest absolute Gasteiger partial charge is 0.394 e. The van der Waals surface area contributed by atoms with E-state index < -0.39 is 112 Å². The van der Waals surface area contributed by atoms with Crippen LogP contribution in [0.4, 0.5) is 0 Å². The van der Waals surface area contributed by atoms with Crippen molar-refractivity contribution in [1.82, 2.24) is 0 Å². The van der Waals surface area contributed by atoms with Crippen LogP contribution in [-0.2, 0) is 23.7 Å². The molecule has 0 aromatic heterocycles. The normalized spacial score (nSPS) is 52.5. The standard InChI is InChI=1S/C18H32O16/c19-1-4-7(22)10(25)11(26)17(31-4)34-15-9(24)6(3-21)32-18(13(15)28)33-14-8(23)5(2-20)30-16(29)12(14)27/h4-29H,1-3H2/t4-,5-,6-,7-,8-,9-,10+,11-,12+,13-,14+,15+,16?,17-,18-/m1/s1. The molecule has 0 aliphatic carbocycles. The van der Waals surface area contributed by atoms with Crippen molar-refractivity contribution in [3.05, 3.63) is 0 Å². The predicted molar refractivity (Wildman–Crippen MR) is 101 cm³/mol. The van der Waals surface area contributed by atoms with Gasteiger partial charge in [0.1, 0.15) is 73.2 Å². The highest BCUT2D eigenvalue weighted by atomic mass is 16.7. The minimum atomic E-state index is -1.92. The first-order chi connectivity index (χ1) is 16.0. The maximum Gasteiger partial charge on any atom is 0.187 e. The van der Waals surface area contributed by atoms with Gasteiger partial charge in [0.05, 0.1) is 19.8 Å². The van der Waals surface area contributed by atoms with E-state index in [4.69, 9.17) is 23.7 Å². The molecule has 16 nitrogen and oxygen atoms in total. The summed E-state index contributed by atoms with van der Waals surface area (Å²) in [5.41, 5.74) is 0. The number of aliphatic hydroxyl groups is 11. The minimum absolute atomic E-state index is 0.750. The SMILES string of the molecule is OC[C@H]1O[C@H](O[C@@H]2[C@@H](O)[C@@H](O[C@H]3[C@H](O)[C@@H](CO)OC(O)[C@H]3O)O[C@H](CO)[C@H]2O)[C@H](O)[C@@H](O)[C@@H]1O. The lowest BCUT2D eigenvalue weighted by molar-refractivity contribution is -0.379. The second-order valence-electron chi connectivity index (χ2n) is 8.33. The van der Waals surface area contributed by atoms with E-state index in [0.29, 0.717) is 0 Å². The summed E-state index contributed by atoms with van der Waals surface area (Å²) in [6.45, 7) is -2.33. The second kappa shape index (κ2) is 11.6. The van der Waals surface area contributed by atoms with Gasteiger partial charge in [0.15, 0.2) is 18.9 Å². The fourth-order valence-corrected chi connectivity index (χ4v) is 4.04. The second-order valence-corrected chi connectivity index (χ2v) is 8.33. The summed E-state index contributed by atoms with van der Waals surface area (Å²) >= 11 is 0. The first kappa shape index (κ1) is 27.9. The molecule has 3 fully saturated rings. The van der Waals surface area contributed by atoms with E-state index in [1.165, 1.54) is 0 Å². The van der Waals surface area contributed by atoms with Gasteiger partial charge in [0.2, 0.25) is 0 Å². The molecule has 34 heavy (non-hydrogen) atoms. The fraction of sp³-hybridized carbons (Fsp3) is 1.00. The van der Waals surface area contributed by atoms with Crippen molar-refractivity contribution < 1.29 is 79.9 Å². The average Bonchev–Trinajstić information content (AvgIpc) is 2.82. The first-order valence-corrected chi connectivity index (χ1v) is 10.6. The highest BCUT2D eigenvalue weighted by Crippen LogP contribution is 2.32. The molecule has 0 saturated carbocycles. The molecular weight excluding hydrogens is 472 g/mol. The smallest absolute Gasteiger partial charge is 0.187 e. The molecule has 1 unspecified atom stereocenters. The van der Waals surface area contributed by atoms with Crippen molar-refractivity contribution in [3.8, 4) is 0 Å². The number of rotatable bonds is 7. The van der Waals surface area contributed by atoms with Crippen molar-refractivity contribution in [2.24, 2.45) is 0 Å². The molecule has 0 amide bonds. The van der Waals surface area contributed by atoms with Crippen molar-refractivity contribution in [2.45, 2.75) is 92.1 Å². The van der Waals surface area contributed by atoms with Crippen molar-refractivity contribution >= 4 is 0 Å². The highest BCUT2D eigenvalue weighted by Gasteiger charge is 2.53. The highest BCUT2D eigenvalue weighted by molar-refractivity contribution is 4.96. The molecule has 3 aliphatic heterocycles. The summed E-state index contributed by atoms with van der Waals surface area (Å²) in [4.78, 5) is 0. The summed E-state index contributed by atoms with van der Waals surface area (Å²) in [5.74, 6) is 0. The van der Waals surface area contributed by atoms with Gasteiger partial charge in [-0.3, -0.25) is 0 Å². The van der Waals surface area contributed by atoms with Gasteiger partial charge in [0, 0.05) is 0 Å². The third kappa shape index (κ3) is 5.37. The summed E-state index contributed by atoms with van der Waals surface area (Å²) in [6, 6.07) is 0. The van der Waals surface area contributed by atoms with E-state index in [-0.39, 0.29) is 0 Å². The molecule has 200 valence electrons. The fourth-order valence-electron chi connectivity index (χ4n) is 4.04. The molecule has 0 spiro atoms. The Bertz CT molecular complexity index is 639. The zero-order chi connectivity index (χ0) is 25.3. The van der Waals surface area contributed by atoms with Crippen LogP contribution in [0.2, 0.25) is 0 Å². The van der Waals surface area contributed by atoms with Gasteiger partial charge < -0.3 is 79.9 Å². The van der Waals surface area contributed by atoms with E-state index in [1.54, 1.807) is 0 Å². The minimum Gasteiger partial charge on any atom is -0.394 e. The Hall–Kier alpha value is -0.640. The molecule has 3 aliphatic rings. The Morgan fingerprint density at radius 1 is 0.441 bits per heavy atom. The Morgan fingerprint density at radius 2 is 0.853 bits per heavy atom. The molecular formula is C18H32O16. The van der Waals surface area contributed by atoms with Crippen LogP contribution >= 0.6 is 0 Å². The Morgan fingerprint density at radius 3 is 1.35 bits per heavy atom. The number of ether oxygens (including phenoxy) is 5. The lowest BCUT2D eigenvalue weighted by Gasteiger charge is -2.47. The summed E-state index contributed by atoms with van der Waals surface area (Å²) < 4.78 is 26.2. The maximum absolute atomic E-state index is 10.7. The monoisotopic (exact) mass is 504 g/mol. The van der Waals surface area contributed by atoms with Crippen LogP contribution < -0.4 is 0 Å². The average molecular weight is 504 g/mol. The van der Waals surface area contributed by atoms with E-state index in [2.05, 4.69) is 0 Å². The third-order valence-corrected chi connectivity index (χ3v) is 6.09. The molecule has 11 N–H and O–H groups in total. The molecule has 3 saturated heterocycles. The molecule has 16 heteroatoms. The van der Waals surface area contributed by atoms with E-state index in [1.807, 2.05) is 0 Å². The summed E-state index contributed by atoms with van der Waals surface area (Å²) in [5, 5.41) is 110. The topological polar surface area (TPSA) is 269 Å². The van der Waals surface area contributed by atoms with Gasteiger partial charge in [-0.2, -0.15) is 0 Å². The number of hydrogen-bond donors (Lipinski definition) is 11. The number of aliphatic hydroxyl groups excluding tert-OH is 11. The lowest BCUT2D eigenvalue weighted by atomic mass is 9.96. The molecule has 15 atom stereocenters. The van der Waals surface area contributed by atoms with Crippen LogP contribution in [0, 0.1) is 0 Å². The molecule has 0 aromatic rings. The first-order valence-electron chi connectivity index (χ1n) is 10.6. The molecule has 0 bridgehead atoms. The van der Waals surface area contributed by atoms with E-state index in [9.17, 15) is 56.2 Å². The maximum atomic E-state index is 10.7. The van der Waals surface area contributed by atoms with Gasteiger partial charge in [-0.15, -0.1) is 0 Å². The van der Waals surface area contributed by atoms with Crippen LogP contribution in [0.3, 0.4) is 0 Å². The van der Waals surface area contributed by atoms with Gasteiger partial charge in [-0.1, -0.05) is 0 Å². The van der Waals surface area contributed by atoms with Gasteiger partial charge in [0.25, 0.3) is 0 Å². The lowest BCUT2D eigenvalue weighted by Crippen LogP contribution is -2.66. The number of hydrogen-bond acceptors (Lipinski definition) is 16. The Labute approximate surface area is 192 Å². The van der Waals surface area contributed by atoms with Crippen LogP contribution in [0.25, 0.3) is 0 Å². The quantitative estimate of drug-likeness (QED) is 0.154. The summed E-state index contributed by atoms with van der Waals surface area (Å²) in [7, 11) is 0. The molecule has 3 heterocycles. The zero-order valence-electron chi connectivity index (χ0n) is 17.7. The van der Waals surface area contributed by atoms with Gasteiger partial charge in [-0.25, -0.2) is 0 Å². The zero-order valence-corrected chi connectivity index (χ0v) is 17.7. The molecule has 0 aromatic carbocycles. The van der Waals surface area contributed by atoms with Crippen LogP contribution in [0.15, 0.2) is 0 Å². The molecule has 3 rings (SSSR count). The third-order valence-electron chi connectivity index (χ3n) is 6.09. The Kier molecular flexibility index (Phi) is 9.54. The van der Waals surface area contributed by atoms with E-state index >= 15 is 0 Å². The van der Waals surface area contributed by atoms with Gasteiger partial charge in [-0.05, 0) is 0 Å². The van der Waals surface area contributed by atoms with Crippen molar-refractivity contribution in [1.29, 1.82) is 0 Å². The summed E-state index contributed by atoms with van der Waals surface area (Å²) in [6.07, 6.45) is -25.5. The van der Waals surface area contributed by atoms with Gasteiger partial charge >= 0.3 is 0 Å². The van der Waals surface area contributed by atoms with Crippen molar-refractivity contribution in [3.63, 3.8) is 0 Å². The van der Waals surface area contributed by atoms with Crippen molar-refractivity contribution in [2.75, 3.05) is 19.8 Å². The van der Waals surface area contributed by atoms with Crippen LogP contribution in [0.5, 0.6) is 0 Å². The Balaban J connectivity index is 1.78. The predicted octanol–water partition coefficient (Wildman–Crippen LogP) is -7.57. The van der Waals surface area contributed by atoms with Crippen LogP contribution in [0.1, 0.15) is 0 Å². The molecule has 0 radical (unpaired) electrons. The van der Waals surface area contributed by atoms with Crippen LogP contribution in [-0.4, -0.2) is 168 Å².